The number of aryl methyl sites for hydroxylation is 2. The summed E-state index contributed by atoms with van der Waals surface area (Å²) in [6.07, 6.45) is 0.756. The molecule has 0 atom stereocenters. The monoisotopic (exact) mass is 312 g/mol. The lowest BCUT2D eigenvalue weighted by atomic mass is 10.1. The van der Waals surface area contributed by atoms with Crippen LogP contribution in [0.25, 0.3) is 0 Å². The Labute approximate surface area is 135 Å². The van der Waals surface area contributed by atoms with Gasteiger partial charge >= 0.3 is 6.03 Å². The van der Waals surface area contributed by atoms with Crippen molar-refractivity contribution >= 4 is 17.4 Å². The Balaban J connectivity index is 1.98. The number of nitrogens with zero attached hydrogens (tertiary/aromatic N) is 2. The normalized spacial score (nSPS) is 15.1. The predicted octanol–water partition coefficient (Wildman–Crippen LogP) is 3.55. The molecule has 2 N–H and O–H groups in total. The number of aromatic hydroxyl groups is 2. The lowest BCUT2D eigenvalue weighted by Gasteiger charge is -2.36. The summed E-state index contributed by atoms with van der Waals surface area (Å²) in [5.74, 6) is 0.165. The second-order valence-corrected chi connectivity index (χ2v) is 5.92. The van der Waals surface area contributed by atoms with Crippen molar-refractivity contribution in [3.8, 4) is 11.5 Å². The van der Waals surface area contributed by atoms with Crippen LogP contribution in [-0.4, -0.2) is 29.3 Å². The van der Waals surface area contributed by atoms with Crippen molar-refractivity contribution in [1.82, 2.24) is 0 Å². The second kappa shape index (κ2) is 5.83. The van der Waals surface area contributed by atoms with Gasteiger partial charge in [0.25, 0.3) is 0 Å². The first kappa shape index (κ1) is 15.2. The first-order valence-corrected chi connectivity index (χ1v) is 7.65. The van der Waals surface area contributed by atoms with Gasteiger partial charge < -0.3 is 10.2 Å². The van der Waals surface area contributed by atoms with Crippen LogP contribution < -0.4 is 9.80 Å². The number of carbonyl (C=O) groups excluding carboxylic acids is 1. The Morgan fingerprint density at radius 2 is 1.26 bits per heavy atom. The fraction of sp³-hybridized carbons (Fsp3) is 0.278. The van der Waals surface area contributed by atoms with Crippen LogP contribution in [0, 0.1) is 13.8 Å². The summed E-state index contributed by atoms with van der Waals surface area (Å²) in [4.78, 5) is 16.0. The molecule has 1 heterocycles. The highest BCUT2D eigenvalue weighted by molar-refractivity contribution is 6.06. The summed E-state index contributed by atoms with van der Waals surface area (Å²) in [5, 5.41) is 20.2. The van der Waals surface area contributed by atoms with Crippen molar-refractivity contribution in [2.45, 2.75) is 20.3 Å². The first-order valence-electron chi connectivity index (χ1n) is 7.65. The van der Waals surface area contributed by atoms with E-state index in [-0.39, 0.29) is 17.5 Å². The van der Waals surface area contributed by atoms with Gasteiger partial charge in [-0.3, -0.25) is 9.80 Å². The zero-order valence-corrected chi connectivity index (χ0v) is 13.3. The topological polar surface area (TPSA) is 64.0 Å². The molecule has 0 bridgehead atoms. The van der Waals surface area contributed by atoms with Gasteiger partial charge in [0.2, 0.25) is 0 Å². The Bertz CT molecular complexity index is 696. The summed E-state index contributed by atoms with van der Waals surface area (Å²) in [6, 6.07) is 10.2. The van der Waals surface area contributed by atoms with E-state index >= 15 is 0 Å². The third kappa shape index (κ3) is 2.82. The zero-order chi connectivity index (χ0) is 16.6. The molecule has 2 aromatic carbocycles. The predicted molar refractivity (Wildman–Crippen MR) is 90.4 cm³/mol. The molecule has 23 heavy (non-hydrogen) atoms. The minimum absolute atomic E-state index is 0.0827. The highest BCUT2D eigenvalue weighted by atomic mass is 16.3. The molecule has 120 valence electrons. The molecule has 2 amide bonds. The number of phenols is 2. The molecule has 2 aromatic rings. The quantitative estimate of drug-likeness (QED) is 0.891. The van der Waals surface area contributed by atoms with Crippen LogP contribution in [0.5, 0.6) is 11.5 Å². The molecule has 1 aliphatic rings. The number of urea groups is 1. The van der Waals surface area contributed by atoms with Gasteiger partial charge in [0.1, 0.15) is 11.5 Å². The Kier molecular flexibility index (Phi) is 3.86. The van der Waals surface area contributed by atoms with E-state index in [0.29, 0.717) is 24.5 Å². The number of carbonyl (C=O) groups is 1. The molecule has 0 spiro atoms. The average molecular weight is 312 g/mol. The molecule has 1 saturated heterocycles. The Hall–Kier alpha value is -2.69. The Morgan fingerprint density at radius 1 is 0.826 bits per heavy atom. The number of phenolic OH excluding ortho intramolecular Hbond substituents is 2. The van der Waals surface area contributed by atoms with Crippen molar-refractivity contribution in [2.24, 2.45) is 0 Å². The minimum atomic E-state index is -0.238. The average Bonchev–Trinajstić information content (AvgIpc) is 2.53. The van der Waals surface area contributed by atoms with Gasteiger partial charge in [0.15, 0.2) is 0 Å². The molecule has 0 saturated carbocycles. The molecule has 0 aliphatic carbocycles. The number of hydrogen-bond acceptors (Lipinski definition) is 3. The summed E-state index contributed by atoms with van der Waals surface area (Å²) in [6.45, 7) is 4.92. The maximum Gasteiger partial charge on any atom is 0.329 e. The highest BCUT2D eigenvalue weighted by Crippen LogP contribution is 2.35. The van der Waals surface area contributed by atoms with E-state index in [1.807, 2.05) is 13.8 Å². The van der Waals surface area contributed by atoms with E-state index in [1.54, 1.807) is 46.2 Å². The summed E-state index contributed by atoms with van der Waals surface area (Å²) in [5.41, 5.74) is 2.96. The van der Waals surface area contributed by atoms with Crippen LogP contribution in [0.3, 0.4) is 0 Å². The van der Waals surface area contributed by atoms with E-state index in [2.05, 4.69) is 0 Å². The van der Waals surface area contributed by atoms with Gasteiger partial charge in [0.05, 0.1) is 11.4 Å². The SMILES string of the molecule is Cc1ccc(O)c(N2CCCN(c3cc(C)ccc3O)C2=O)c1. The van der Waals surface area contributed by atoms with Gasteiger partial charge in [-0.1, -0.05) is 12.1 Å². The second-order valence-electron chi connectivity index (χ2n) is 5.92. The van der Waals surface area contributed by atoms with Gasteiger partial charge in [-0.25, -0.2) is 4.79 Å². The van der Waals surface area contributed by atoms with Gasteiger partial charge in [-0.05, 0) is 55.7 Å². The number of anilines is 2. The van der Waals surface area contributed by atoms with E-state index in [9.17, 15) is 15.0 Å². The van der Waals surface area contributed by atoms with Crippen molar-refractivity contribution < 1.29 is 15.0 Å². The largest absolute Gasteiger partial charge is 0.506 e. The van der Waals surface area contributed by atoms with Crippen LogP contribution in [0.15, 0.2) is 36.4 Å². The molecule has 0 radical (unpaired) electrons. The number of hydrogen-bond donors (Lipinski definition) is 2. The van der Waals surface area contributed by atoms with E-state index in [0.717, 1.165) is 17.5 Å². The van der Waals surface area contributed by atoms with Crippen molar-refractivity contribution in [3.63, 3.8) is 0 Å². The molecule has 5 heteroatoms. The summed E-state index contributed by atoms with van der Waals surface area (Å²) >= 11 is 0. The summed E-state index contributed by atoms with van der Waals surface area (Å²) in [7, 11) is 0. The van der Waals surface area contributed by atoms with E-state index in [1.165, 1.54) is 0 Å². The first-order chi connectivity index (χ1) is 11.0. The van der Waals surface area contributed by atoms with Crippen LogP contribution in [0.4, 0.5) is 16.2 Å². The van der Waals surface area contributed by atoms with Crippen molar-refractivity contribution in [3.05, 3.63) is 47.5 Å². The molecule has 5 nitrogen and oxygen atoms in total. The third-order valence-corrected chi connectivity index (χ3v) is 4.07. The lowest BCUT2D eigenvalue weighted by molar-refractivity contribution is 0.248. The fourth-order valence-electron chi connectivity index (χ4n) is 2.87. The van der Waals surface area contributed by atoms with Crippen LogP contribution in [0.1, 0.15) is 17.5 Å². The third-order valence-electron chi connectivity index (χ3n) is 4.07. The van der Waals surface area contributed by atoms with Gasteiger partial charge in [-0.15, -0.1) is 0 Å². The van der Waals surface area contributed by atoms with E-state index < -0.39 is 0 Å². The van der Waals surface area contributed by atoms with Gasteiger partial charge in [0, 0.05) is 13.1 Å². The molecule has 0 unspecified atom stereocenters. The number of amides is 2. The molecule has 1 fully saturated rings. The Morgan fingerprint density at radius 3 is 1.70 bits per heavy atom. The number of benzene rings is 2. The van der Waals surface area contributed by atoms with Crippen LogP contribution >= 0.6 is 0 Å². The minimum Gasteiger partial charge on any atom is -0.506 e. The molecular weight excluding hydrogens is 292 g/mol. The van der Waals surface area contributed by atoms with Crippen molar-refractivity contribution in [1.29, 1.82) is 0 Å². The molecular formula is C18H20N2O3. The number of rotatable bonds is 2. The molecule has 3 rings (SSSR count). The standard InChI is InChI=1S/C18H20N2O3/c1-12-4-6-16(21)14(10-12)19-8-3-9-20(18(19)23)15-11-13(2)5-7-17(15)22/h4-7,10-11,21-22H,3,8-9H2,1-2H3. The summed E-state index contributed by atoms with van der Waals surface area (Å²) < 4.78 is 0. The maximum atomic E-state index is 12.9. The van der Waals surface area contributed by atoms with Crippen LogP contribution in [-0.2, 0) is 0 Å². The van der Waals surface area contributed by atoms with Crippen molar-refractivity contribution in [2.75, 3.05) is 22.9 Å². The lowest BCUT2D eigenvalue weighted by Crippen LogP contribution is -2.49. The van der Waals surface area contributed by atoms with Gasteiger partial charge in [-0.2, -0.15) is 0 Å². The van der Waals surface area contributed by atoms with Crippen LogP contribution in [0.2, 0.25) is 0 Å². The smallest absolute Gasteiger partial charge is 0.329 e. The van der Waals surface area contributed by atoms with E-state index in [4.69, 9.17) is 0 Å². The zero-order valence-electron chi connectivity index (χ0n) is 13.3. The maximum absolute atomic E-state index is 12.9. The molecule has 0 aromatic heterocycles. The fourth-order valence-corrected chi connectivity index (χ4v) is 2.87. The highest BCUT2D eigenvalue weighted by Gasteiger charge is 2.30. The molecule has 1 aliphatic heterocycles.